The van der Waals surface area contributed by atoms with Gasteiger partial charge in [-0.25, -0.2) is 4.79 Å². The zero-order valence-electron chi connectivity index (χ0n) is 15.6. The van der Waals surface area contributed by atoms with E-state index in [1.165, 1.54) is 0 Å². The minimum Gasteiger partial charge on any atom is -0.324 e. The van der Waals surface area contributed by atoms with Crippen molar-refractivity contribution in [1.29, 1.82) is 0 Å². The number of nitrogens with zero attached hydrogens (tertiary/aromatic N) is 2. The molecule has 2 aromatic rings. The van der Waals surface area contributed by atoms with Gasteiger partial charge in [-0.1, -0.05) is 34.1 Å². The number of piperidine rings is 1. The molecule has 1 N–H and O–H groups in total. The fourth-order valence-corrected chi connectivity index (χ4v) is 3.54. The number of anilines is 2. The van der Waals surface area contributed by atoms with Gasteiger partial charge in [-0.15, -0.1) is 0 Å². The van der Waals surface area contributed by atoms with Crippen LogP contribution in [0, 0.1) is 12.8 Å². The third-order valence-corrected chi connectivity index (χ3v) is 5.91. The first kappa shape index (κ1) is 19.4. The maximum atomic E-state index is 12.9. The summed E-state index contributed by atoms with van der Waals surface area (Å²) in [5.41, 5.74) is 2.77. The Balaban J connectivity index is 1.55. The van der Waals surface area contributed by atoms with Crippen LogP contribution in [0.25, 0.3) is 0 Å². The highest BCUT2D eigenvalue weighted by atomic mass is 79.9. The molecule has 3 rings (SSSR count). The molecular weight excluding hydrogens is 406 g/mol. The van der Waals surface area contributed by atoms with Gasteiger partial charge in [0.05, 0.1) is 0 Å². The summed E-state index contributed by atoms with van der Waals surface area (Å²) in [6.07, 6.45) is 1.36. The Bertz CT molecular complexity index is 817. The van der Waals surface area contributed by atoms with Crippen molar-refractivity contribution in [1.82, 2.24) is 4.90 Å². The van der Waals surface area contributed by atoms with Crippen LogP contribution in [0.5, 0.6) is 0 Å². The molecule has 142 valence electrons. The molecule has 1 aliphatic heterocycles. The van der Waals surface area contributed by atoms with E-state index in [9.17, 15) is 9.59 Å². The number of aryl methyl sites for hydroxylation is 1. The van der Waals surface area contributed by atoms with Crippen molar-refractivity contribution in [2.24, 2.45) is 5.92 Å². The predicted molar refractivity (Wildman–Crippen MR) is 112 cm³/mol. The van der Waals surface area contributed by atoms with E-state index in [0.717, 1.165) is 21.4 Å². The lowest BCUT2D eigenvalue weighted by molar-refractivity contribution is -0.123. The number of urea groups is 1. The van der Waals surface area contributed by atoms with Gasteiger partial charge < -0.3 is 15.1 Å². The molecule has 1 aliphatic rings. The number of rotatable bonds is 3. The molecule has 0 unspecified atom stereocenters. The van der Waals surface area contributed by atoms with Crippen molar-refractivity contribution < 1.29 is 9.59 Å². The lowest BCUT2D eigenvalue weighted by Gasteiger charge is -2.33. The SMILES string of the molecule is Cc1cc(N(C)C(=O)C2CCN(C(=O)Nc3ccccc3)CC2)ccc1Br. The summed E-state index contributed by atoms with van der Waals surface area (Å²) >= 11 is 3.49. The number of carbonyl (C=O) groups excluding carboxylic acids is 2. The maximum Gasteiger partial charge on any atom is 0.321 e. The summed E-state index contributed by atoms with van der Waals surface area (Å²) in [6.45, 7) is 3.18. The maximum absolute atomic E-state index is 12.9. The van der Waals surface area contributed by atoms with Crippen LogP contribution in [0.3, 0.4) is 0 Å². The minimum atomic E-state index is -0.107. The fraction of sp³-hybridized carbons (Fsp3) is 0.333. The topological polar surface area (TPSA) is 52.7 Å². The van der Waals surface area contributed by atoms with Gasteiger partial charge in [0.25, 0.3) is 0 Å². The van der Waals surface area contributed by atoms with Crippen LogP contribution in [0.15, 0.2) is 53.0 Å². The smallest absolute Gasteiger partial charge is 0.321 e. The van der Waals surface area contributed by atoms with Gasteiger partial charge in [-0.2, -0.15) is 0 Å². The Labute approximate surface area is 168 Å². The van der Waals surface area contributed by atoms with Crippen molar-refractivity contribution in [2.75, 3.05) is 30.4 Å². The van der Waals surface area contributed by atoms with Crippen molar-refractivity contribution in [3.05, 3.63) is 58.6 Å². The molecule has 1 saturated heterocycles. The van der Waals surface area contributed by atoms with Gasteiger partial charge >= 0.3 is 6.03 Å². The van der Waals surface area contributed by atoms with Crippen LogP contribution >= 0.6 is 15.9 Å². The number of nitrogens with one attached hydrogen (secondary N) is 1. The van der Waals surface area contributed by atoms with E-state index in [1.54, 1.807) is 9.80 Å². The number of amides is 3. The molecule has 1 heterocycles. The average molecular weight is 430 g/mol. The van der Waals surface area contributed by atoms with E-state index in [4.69, 9.17) is 0 Å². The quantitative estimate of drug-likeness (QED) is 0.770. The minimum absolute atomic E-state index is 0.0558. The van der Waals surface area contributed by atoms with E-state index in [2.05, 4.69) is 21.2 Å². The lowest BCUT2D eigenvalue weighted by Crippen LogP contribution is -2.45. The molecule has 2 aromatic carbocycles. The molecule has 3 amide bonds. The first-order valence-electron chi connectivity index (χ1n) is 9.10. The first-order valence-corrected chi connectivity index (χ1v) is 9.89. The number of likely N-dealkylation sites (tertiary alicyclic amines) is 1. The molecule has 0 aromatic heterocycles. The van der Waals surface area contributed by atoms with Crippen LogP contribution in [0.4, 0.5) is 16.2 Å². The second-order valence-corrected chi connectivity index (χ2v) is 7.74. The Morgan fingerprint density at radius 3 is 2.41 bits per heavy atom. The van der Waals surface area contributed by atoms with Crippen molar-refractivity contribution in [3.8, 4) is 0 Å². The standard InChI is InChI=1S/C21H24BrN3O2/c1-15-14-18(8-9-19(15)22)24(2)20(26)16-10-12-25(13-11-16)21(27)23-17-6-4-3-5-7-17/h3-9,14,16H,10-13H2,1-2H3,(H,23,27). The zero-order chi connectivity index (χ0) is 19.4. The van der Waals surface area contributed by atoms with Gasteiger partial charge in [0.2, 0.25) is 5.91 Å². The number of benzene rings is 2. The molecule has 0 atom stereocenters. The largest absolute Gasteiger partial charge is 0.324 e. The fourth-order valence-electron chi connectivity index (χ4n) is 3.29. The highest BCUT2D eigenvalue weighted by Gasteiger charge is 2.29. The Morgan fingerprint density at radius 2 is 1.78 bits per heavy atom. The van der Waals surface area contributed by atoms with Crippen LogP contribution < -0.4 is 10.2 Å². The molecule has 1 fully saturated rings. The number of hydrogen-bond acceptors (Lipinski definition) is 2. The number of para-hydroxylation sites is 1. The highest BCUT2D eigenvalue weighted by molar-refractivity contribution is 9.10. The highest BCUT2D eigenvalue weighted by Crippen LogP contribution is 2.26. The summed E-state index contributed by atoms with van der Waals surface area (Å²) in [7, 11) is 1.82. The van der Waals surface area contributed by atoms with Gasteiger partial charge in [0.1, 0.15) is 0 Å². The van der Waals surface area contributed by atoms with E-state index in [-0.39, 0.29) is 17.9 Å². The van der Waals surface area contributed by atoms with Gasteiger partial charge in [-0.05, 0) is 55.7 Å². The van der Waals surface area contributed by atoms with Crippen LogP contribution in [0.1, 0.15) is 18.4 Å². The van der Waals surface area contributed by atoms with Gasteiger partial charge in [-0.3, -0.25) is 4.79 Å². The van der Waals surface area contributed by atoms with E-state index in [0.29, 0.717) is 25.9 Å². The van der Waals surface area contributed by atoms with E-state index < -0.39 is 0 Å². The lowest BCUT2D eigenvalue weighted by atomic mass is 9.95. The second-order valence-electron chi connectivity index (χ2n) is 6.89. The molecule has 0 spiro atoms. The van der Waals surface area contributed by atoms with Gasteiger partial charge in [0.15, 0.2) is 0 Å². The Kier molecular flexibility index (Phi) is 6.16. The number of carbonyl (C=O) groups is 2. The molecule has 5 nitrogen and oxygen atoms in total. The summed E-state index contributed by atoms with van der Waals surface area (Å²) in [4.78, 5) is 28.7. The third kappa shape index (κ3) is 4.69. The summed E-state index contributed by atoms with van der Waals surface area (Å²) < 4.78 is 1.03. The second kappa shape index (κ2) is 8.57. The van der Waals surface area contributed by atoms with Crippen molar-refractivity contribution in [3.63, 3.8) is 0 Å². The van der Waals surface area contributed by atoms with Gasteiger partial charge in [0, 0.05) is 41.9 Å². The molecule has 0 aliphatic carbocycles. The number of hydrogen-bond donors (Lipinski definition) is 1. The summed E-state index contributed by atoms with van der Waals surface area (Å²) in [5, 5.41) is 2.90. The Morgan fingerprint density at radius 1 is 1.11 bits per heavy atom. The summed E-state index contributed by atoms with van der Waals surface area (Å²) in [5.74, 6) is 0.0552. The average Bonchev–Trinajstić information content (AvgIpc) is 2.70. The normalized spacial score (nSPS) is 14.7. The van der Waals surface area contributed by atoms with E-state index >= 15 is 0 Å². The molecule has 0 bridgehead atoms. The van der Waals surface area contributed by atoms with Crippen molar-refractivity contribution in [2.45, 2.75) is 19.8 Å². The van der Waals surface area contributed by atoms with Crippen LogP contribution in [-0.4, -0.2) is 37.0 Å². The predicted octanol–water partition coefficient (Wildman–Crippen LogP) is 4.66. The molecular formula is C21H24BrN3O2. The first-order chi connectivity index (χ1) is 13.0. The molecule has 27 heavy (non-hydrogen) atoms. The molecule has 0 saturated carbocycles. The Hall–Kier alpha value is -2.34. The molecule has 0 radical (unpaired) electrons. The van der Waals surface area contributed by atoms with Crippen LogP contribution in [0.2, 0.25) is 0 Å². The third-order valence-electron chi connectivity index (χ3n) is 5.02. The van der Waals surface area contributed by atoms with Crippen LogP contribution in [-0.2, 0) is 4.79 Å². The molecule has 6 heteroatoms. The monoisotopic (exact) mass is 429 g/mol. The number of halogens is 1. The van der Waals surface area contributed by atoms with Crippen molar-refractivity contribution >= 4 is 39.2 Å². The zero-order valence-corrected chi connectivity index (χ0v) is 17.2. The summed E-state index contributed by atoms with van der Waals surface area (Å²) in [6, 6.07) is 15.2. The van der Waals surface area contributed by atoms with E-state index in [1.807, 2.05) is 62.5 Å².